The average Bonchev–Trinajstić information content (AvgIpc) is 2.81. The number of carbonyl (C=O) groups excluding carboxylic acids is 1. The van der Waals surface area contributed by atoms with E-state index in [2.05, 4.69) is 16.9 Å². The second-order valence-corrected chi connectivity index (χ2v) is 4.12. The molecule has 6 nitrogen and oxygen atoms in total. The summed E-state index contributed by atoms with van der Waals surface area (Å²) in [5, 5.41) is 3.10. The molecule has 21 heavy (non-hydrogen) atoms. The van der Waals surface area contributed by atoms with Gasteiger partial charge in [0.2, 0.25) is 5.96 Å². The number of benzene rings is 1. The molecule has 0 saturated heterocycles. The fourth-order valence-electron chi connectivity index (χ4n) is 1.88. The molecule has 114 valence electrons. The molecule has 1 aliphatic rings. The van der Waals surface area contributed by atoms with Crippen LogP contribution in [0.2, 0.25) is 0 Å². The summed E-state index contributed by atoms with van der Waals surface area (Å²) >= 11 is 0. The lowest BCUT2D eigenvalue weighted by Crippen LogP contribution is -2.36. The molecule has 0 spiro atoms. The summed E-state index contributed by atoms with van der Waals surface area (Å²) in [5.41, 5.74) is 0.718. The largest absolute Gasteiger partial charge is 0.497 e. The fraction of sp³-hybridized carbons (Fsp3) is 0.286. The van der Waals surface area contributed by atoms with Crippen molar-refractivity contribution in [3.8, 4) is 11.5 Å². The van der Waals surface area contributed by atoms with Crippen LogP contribution in [0, 0.1) is 0 Å². The van der Waals surface area contributed by atoms with E-state index in [0.717, 1.165) is 5.69 Å². The highest BCUT2D eigenvalue weighted by Crippen LogP contribution is 2.29. The second kappa shape index (κ2) is 7.54. The van der Waals surface area contributed by atoms with Crippen LogP contribution in [0.15, 0.2) is 35.8 Å². The van der Waals surface area contributed by atoms with Crippen molar-refractivity contribution in [2.75, 3.05) is 32.6 Å². The molecule has 1 aromatic rings. The Hall–Kier alpha value is -2.21. The van der Waals surface area contributed by atoms with E-state index in [1.54, 1.807) is 32.4 Å². The zero-order chi connectivity index (χ0) is 14.5. The number of halogens is 1. The van der Waals surface area contributed by atoms with Crippen molar-refractivity contribution in [2.45, 2.75) is 0 Å². The van der Waals surface area contributed by atoms with Crippen molar-refractivity contribution in [3.63, 3.8) is 0 Å². The van der Waals surface area contributed by atoms with E-state index >= 15 is 0 Å². The molecule has 0 aliphatic carbocycles. The van der Waals surface area contributed by atoms with E-state index in [-0.39, 0.29) is 24.9 Å². The monoisotopic (exact) mass is 311 g/mol. The van der Waals surface area contributed by atoms with Gasteiger partial charge in [-0.3, -0.25) is 9.69 Å². The van der Waals surface area contributed by atoms with E-state index in [1.807, 2.05) is 6.07 Å². The number of ether oxygens (including phenoxy) is 2. The molecule has 1 aromatic carbocycles. The van der Waals surface area contributed by atoms with E-state index < -0.39 is 0 Å². The molecular formula is C14H18ClN3O3. The third kappa shape index (κ3) is 3.66. The van der Waals surface area contributed by atoms with E-state index in [0.29, 0.717) is 24.0 Å². The predicted molar refractivity (Wildman–Crippen MR) is 84.6 cm³/mol. The quantitative estimate of drug-likeness (QED) is 0.844. The number of carbonyl (C=O) groups is 1. The molecule has 0 saturated carbocycles. The van der Waals surface area contributed by atoms with Crippen LogP contribution >= 0.6 is 12.4 Å². The van der Waals surface area contributed by atoms with Gasteiger partial charge in [0, 0.05) is 12.6 Å². The lowest BCUT2D eigenvalue weighted by molar-refractivity contribution is -0.124. The first-order valence-corrected chi connectivity index (χ1v) is 6.14. The molecule has 0 radical (unpaired) electrons. The van der Waals surface area contributed by atoms with Crippen LogP contribution < -0.4 is 14.8 Å². The molecule has 1 aliphatic heterocycles. The van der Waals surface area contributed by atoms with Crippen LogP contribution in [-0.4, -0.2) is 44.1 Å². The summed E-state index contributed by atoms with van der Waals surface area (Å²) in [5.74, 6) is 1.75. The number of nitrogens with zero attached hydrogens (tertiary/aromatic N) is 2. The summed E-state index contributed by atoms with van der Waals surface area (Å²) in [7, 11) is 3.16. The molecule has 0 atom stereocenters. The maximum absolute atomic E-state index is 11.7. The van der Waals surface area contributed by atoms with Crippen LogP contribution in [0.1, 0.15) is 0 Å². The van der Waals surface area contributed by atoms with E-state index in [4.69, 9.17) is 9.47 Å². The molecule has 0 aromatic heterocycles. The molecule has 1 heterocycles. The number of hydrogen-bond acceptors (Lipinski definition) is 5. The van der Waals surface area contributed by atoms with Crippen molar-refractivity contribution in [3.05, 3.63) is 30.9 Å². The highest BCUT2D eigenvalue weighted by Gasteiger charge is 2.24. The minimum Gasteiger partial charge on any atom is -0.497 e. The summed E-state index contributed by atoms with van der Waals surface area (Å²) in [6.45, 7) is 4.21. The lowest BCUT2D eigenvalue weighted by atomic mass is 10.2. The van der Waals surface area contributed by atoms with Crippen molar-refractivity contribution in [2.24, 2.45) is 4.99 Å². The molecule has 0 bridgehead atoms. The Morgan fingerprint density at radius 3 is 2.81 bits per heavy atom. The van der Waals surface area contributed by atoms with Gasteiger partial charge in [-0.1, -0.05) is 6.08 Å². The molecule has 7 heteroatoms. The number of guanidine groups is 1. The highest BCUT2D eigenvalue weighted by molar-refractivity contribution is 6.09. The van der Waals surface area contributed by atoms with Crippen LogP contribution in [0.5, 0.6) is 11.5 Å². The lowest BCUT2D eigenvalue weighted by Gasteiger charge is -2.19. The van der Waals surface area contributed by atoms with Crippen molar-refractivity contribution in [1.29, 1.82) is 0 Å². The number of amides is 1. The topological polar surface area (TPSA) is 63.2 Å². The zero-order valence-corrected chi connectivity index (χ0v) is 12.8. The van der Waals surface area contributed by atoms with Gasteiger partial charge in [0.1, 0.15) is 18.0 Å². The van der Waals surface area contributed by atoms with Crippen molar-refractivity contribution in [1.82, 2.24) is 4.90 Å². The van der Waals surface area contributed by atoms with Gasteiger partial charge in [-0.05, 0) is 12.1 Å². The Kier molecular flexibility index (Phi) is 6.05. The molecule has 1 N–H and O–H groups in total. The Balaban J connectivity index is 0.00000220. The van der Waals surface area contributed by atoms with Gasteiger partial charge in [-0.2, -0.15) is 0 Å². The summed E-state index contributed by atoms with van der Waals surface area (Å²) in [4.78, 5) is 17.4. The summed E-state index contributed by atoms with van der Waals surface area (Å²) < 4.78 is 10.4. The van der Waals surface area contributed by atoms with Crippen LogP contribution in [0.3, 0.4) is 0 Å². The molecule has 1 amide bonds. The van der Waals surface area contributed by atoms with Gasteiger partial charge >= 0.3 is 0 Å². The summed E-state index contributed by atoms with van der Waals surface area (Å²) in [6.07, 6.45) is 1.66. The number of aliphatic imine (C=N–C) groups is 1. The Morgan fingerprint density at radius 2 is 2.19 bits per heavy atom. The minimum atomic E-state index is -0.0557. The minimum absolute atomic E-state index is 0. The number of anilines is 1. The smallest absolute Gasteiger partial charge is 0.251 e. The molecule has 0 unspecified atom stereocenters. The summed E-state index contributed by atoms with van der Waals surface area (Å²) in [6, 6.07) is 5.38. The Morgan fingerprint density at radius 1 is 1.43 bits per heavy atom. The van der Waals surface area contributed by atoms with Crippen molar-refractivity contribution >= 4 is 30.0 Å². The fourth-order valence-corrected chi connectivity index (χ4v) is 1.88. The highest BCUT2D eigenvalue weighted by atomic mass is 35.5. The predicted octanol–water partition coefficient (Wildman–Crippen LogP) is 1.92. The third-order valence-corrected chi connectivity index (χ3v) is 2.89. The van der Waals surface area contributed by atoms with Crippen LogP contribution in [-0.2, 0) is 4.79 Å². The third-order valence-electron chi connectivity index (χ3n) is 2.89. The normalized spacial score (nSPS) is 13.3. The number of rotatable bonds is 5. The number of methoxy groups -OCH3 is 2. The SMILES string of the molecule is C=CCN1C(=O)CN=C1Nc1ccc(OC)cc1OC.Cl. The van der Waals surface area contributed by atoms with Gasteiger partial charge in [0.15, 0.2) is 0 Å². The molecule has 0 fully saturated rings. The standard InChI is InChI=1S/C14H17N3O3.ClH/c1-4-7-17-13(18)9-15-14(17)16-11-6-5-10(19-2)8-12(11)20-3;/h4-6,8H,1,7,9H2,2-3H3,(H,15,16);1H. The number of hydrogen-bond donors (Lipinski definition) is 1. The molecule has 2 rings (SSSR count). The van der Waals surface area contributed by atoms with E-state index in [9.17, 15) is 4.79 Å². The maximum atomic E-state index is 11.7. The van der Waals surface area contributed by atoms with Gasteiger partial charge in [-0.15, -0.1) is 19.0 Å². The Bertz CT molecular complexity index is 560. The maximum Gasteiger partial charge on any atom is 0.251 e. The molecular weight excluding hydrogens is 294 g/mol. The first kappa shape index (κ1) is 16.8. The second-order valence-electron chi connectivity index (χ2n) is 4.12. The van der Waals surface area contributed by atoms with Gasteiger partial charge in [-0.25, -0.2) is 4.99 Å². The van der Waals surface area contributed by atoms with Gasteiger partial charge < -0.3 is 14.8 Å². The Labute approximate surface area is 129 Å². The van der Waals surface area contributed by atoms with Crippen molar-refractivity contribution < 1.29 is 14.3 Å². The van der Waals surface area contributed by atoms with Gasteiger partial charge in [0.25, 0.3) is 5.91 Å². The zero-order valence-electron chi connectivity index (χ0n) is 12.0. The number of nitrogens with one attached hydrogen (secondary N) is 1. The van der Waals surface area contributed by atoms with Crippen LogP contribution in [0.4, 0.5) is 5.69 Å². The first-order valence-electron chi connectivity index (χ1n) is 6.14. The first-order chi connectivity index (χ1) is 9.69. The average molecular weight is 312 g/mol. The van der Waals surface area contributed by atoms with Crippen LogP contribution in [0.25, 0.3) is 0 Å². The van der Waals surface area contributed by atoms with E-state index in [1.165, 1.54) is 4.90 Å². The van der Waals surface area contributed by atoms with Gasteiger partial charge in [0.05, 0.1) is 19.9 Å².